The molecule has 0 aromatic heterocycles. The first-order valence-corrected chi connectivity index (χ1v) is 6.39. The lowest BCUT2D eigenvalue weighted by molar-refractivity contribution is 0.0505. The van der Waals surface area contributed by atoms with E-state index in [1.54, 1.807) is 26.8 Å². The fourth-order valence-corrected chi connectivity index (χ4v) is 1.66. The Morgan fingerprint density at radius 2 is 2.15 bits per heavy atom. The van der Waals surface area contributed by atoms with Crippen molar-refractivity contribution in [1.82, 2.24) is 5.32 Å². The van der Waals surface area contributed by atoms with Gasteiger partial charge in [-0.3, -0.25) is 0 Å². The third kappa shape index (κ3) is 5.05. The molecule has 1 aromatic rings. The Balaban J connectivity index is 2.68. The number of phenols is 1. The van der Waals surface area contributed by atoms with Crippen LogP contribution in [-0.4, -0.2) is 29.4 Å². The Kier molecular flexibility index (Phi) is 5.33. The summed E-state index contributed by atoms with van der Waals surface area (Å²) in [7, 11) is 0. The average Bonchev–Trinajstić information content (AvgIpc) is 2.31. The molecule has 6 heteroatoms. The molecular weight excluding hydrogens is 263 g/mol. The fraction of sp³-hybridized carbons (Fsp3) is 0.500. The van der Waals surface area contributed by atoms with Crippen molar-refractivity contribution in [3.8, 4) is 5.75 Å². The van der Waals surface area contributed by atoms with Gasteiger partial charge in [0.05, 0.1) is 0 Å². The molecule has 0 aliphatic heterocycles. The highest BCUT2D eigenvalue weighted by molar-refractivity contribution is 5.68. The molecule has 0 heterocycles. The number of hydrogen-bond acceptors (Lipinski definition) is 4. The number of nitrogens with two attached hydrogens (primary N) is 1. The molecule has 112 valence electrons. The predicted molar refractivity (Wildman–Crippen MR) is 74.0 cm³/mol. The van der Waals surface area contributed by atoms with Crippen LogP contribution in [0.4, 0.5) is 9.18 Å². The maximum absolute atomic E-state index is 13.2. The number of carbonyl (C=O) groups excluding carboxylic acids is 1. The molecule has 0 fully saturated rings. The van der Waals surface area contributed by atoms with Gasteiger partial charge in [-0.25, -0.2) is 9.18 Å². The van der Waals surface area contributed by atoms with E-state index in [0.29, 0.717) is 5.56 Å². The number of carbonyl (C=O) groups is 1. The summed E-state index contributed by atoms with van der Waals surface area (Å²) in [5, 5.41) is 12.2. The number of amides is 1. The minimum Gasteiger partial charge on any atom is -0.505 e. The Morgan fingerprint density at radius 1 is 1.50 bits per heavy atom. The van der Waals surface area contributed by atoms with Gasteiger partial charge in [0.25, 0.3) is 0 Å². The molecule has 0 aliphatic carbocycles. The van der Waals surface area contributed by atoms with Gasteiger partial charge in [0.2, 0.25) is 0 Å². The van der Waals surface area contributed by atoms with Gasteiger partial charge in [-0.15, -0.1) is 0 Å². The Hall–Kier alpha value is -1.82. The molecule has 1 atom stereocenters. The minimum atomic E-state index is -0.699. The molecule has 4 N–H and O–H groups in total. The second kappa shape index (κ2) is 6.56. The van der Waals surface area contributed by atoms with E-state index in [1.165, 1.54) is 6.07 Å². The van der Waals surface area contributed by atoms with Crippen LogP contribution in [-0.2, 0) is 11.2 Å². The monoisotopic (exact) mass is 284 g/mol. The Labute approximate surface area is 117 Å². The normalized spacial score (nSPS) is 12.8. The number of para-hydroxylation sites is 1. The summed E-state index contributed by atoms with van der Waals surface area (Å²) in [6.07, 6.45) is -0.372. The van der Waals surface area contributed by atoms with Crippen molar-refractivity contribution in [2.24, 2.45) is 5.73 Å². The van der Waals surface area contributed by atoms with Crippen molar-refractivity contribution in [1.29, 1.82) is 0 Å². The highest BCUT2D eigenvalue weighted by Crippen LogP contribution is 2.21. The second-order valence-electron chi connectivity index (χ2n) is 5.53. The molecule has 1 rings (SSSR count). The van der Waals surface area contributed by atoms with E-state index in [1.807, 2.05) is 0 Å². The summed E-state index contributed by atoms with van der Waals surface area (Å²) in [6, 6.07) is 3.79. The van der Waals surface area contributed by atoms with Crippen LogP contribution in [0, 0.1) is 5.82 Å². The molecule has 1 amide bonds. The van der Waals surface area contributed by atoms with Crippen molar-refractivity contribution in [3.05, 3.63) is 29.6 Å². The van der Waals surface area contributed by atoms with Crippen LogP contribution in [0.25, 0.3) is 0 Å². The zero-order chi connectivity index (χ0) is 15.3. The van der Waals surface area contributed by atoms with E-state index >= 15 is 0 Å². The van der Waals surface area contributed by atoms with E-state index in [4.69, 9.17) is 10.5 Å². The van der Waals surface area contributed by atoms with E-state index in [0.717, 1.165) is 6.07 Å². The van der Waals surface area contributed by atoms with Gasteiger partial charge < -0.3 is 20.9 Å². The van der Waals surface area contributed by atoms with Gasteiger partial charge in [-0.1, -0.05) is 12.1 Å². The van der Waals surface area contributed by atoms with Crippen LogP contribution in [0.5, 0.6) is 5.75 Å². The highest BCUT2D eigenvalue weighted by atomic mass is 19.1. The molecule has 20 heavy (non-hydrogen) atoms. The van der Waals surface area contributed by atoms with Crippen molar-refractivity contribution in [2.45, 2.75) is 38.8 Å². The van der Waals surface area contributed by atoms with Gasteiger partial charge in [0.15, 0.2) is 11.6 Å². The van der Waals surface area contributed by atoms with Crippen LogP contribution < -0.4 is 11.1 Å². The van der Waals surface area contributed by atoms with Gasteiger partial charge in [0, 0.05) is 12.6 Å². The average molecular weight is 284 g/mol. The van der Waals surface area contributed by atoms with Crippen LogP contribution in [0.3, 0.4) is 0 Å². The van der Waals surface area contributed by atoms with Gasteiger partial charge in [-0.2, -0.15) is 0 Å². The van der Waals surface area contributed by atoms with E-state index in [2.05, 4.69) is 5.32 Å². The number of hydrogen-bond donors (Lipinski definition) is 3. The lowest BCUT2D eigenvalue weighted by atomic mass is 10.0. The third-order valence-corrected chi connectivity index (χ3v) is 2.54. The van der Waals surface area contributed by atoms with Crippen molar-refractivity contribution >= 4 is 6.09 Å². The van der Waals surface area contributed by atoms with E-state index in [9.17, 15) is 14.3 Å². The zero-order valence-electron chi connectivity index (χ0n) is 11.9. The van der Waals surface area contributed by atoms with Crippen LogP contribution >= 0.6 is 0 Å². The highest BCUT2D eigenvalue weighted by Gasteiger charge is 2.20. The third-order valence-electron chi connectivity index (χ3n) is 2.54. The second-order valence-corrected chi connectivity index (χ2v) is 5.53. The zero-order valence-corrected chi connectivity index (χ0v) is 11.9. The first-order valence-electron chi connectivity index (χ1n) is 6.39. The molecule has 0 aliphatic rings. The van der Waals surface area contributed by atoms with Crippen molar-refractivity contribution in [2.75, 3.05) is 6.54 Å². The topological polar surface area (TPSA) is 84.6 Å². The first-order chi connectivity index (χ1) is 9.23. The van der Waals surface area contributed by atoms with Crippen LogP contribution in [0.2, 0.25) is 0 Å². The molecule has 0 saturated heterocycles. The predicted octanol–water partition coefficient (Wildman–Crippen LogP) is 1.93. The van der Waals surface area contributed by atoms with Gasteiger partial charge in [0.1, 0.15) is 5.60 Å². The van der Waals surface area contributed by atoms with E-state index < -0.39 is 29.3 Å². The molecule has 0 spiro atoms. The van der Waals surface area contributed by atoms with Crippen LogP contribution in [0.15, 0.2) is 18.2 Å². The molecule has 0 bridgehead atoms. The van der Waals surface area contributed by atoms with Gasteiger partial charge >= 0.3 is 6.09 Å². The molecular formula is C14H21FN2O3. The number of rotatable bonds is 4. The number of nitrogens with one attached hydrogen (secondary N) is 1. The Morgan fingerprint density at radius 3 is 2.70 bits per heavy atom. The summed E-state index contributed by atoms with van der Waals surface area (Å²) in [5.41, 5.74) is 5.35. The number of aromatic hydroxyl groups is 1. The number of ether oxygens (including phenoxy) is 1. The fourth-order valence-electron chi connectivity index (χ4n) is 1.66. The summed E-state index contributed by atoms with van der Waals surface area (Å²) in [6.45, 7) is 5.41. The number of phenolic OH excluding ortho intramolecular Hbond substituents is 1. The molecule has 1 aromatic carbocycles. The SMILES string of the molecule is CC(C)(C)OC(=O)NC(CN)Cc1cccc(F)c1O. The van der Waals surface area contributed by atoms with Crippen molar-refractivity contribution < 1.29 is 19.0 Å². The molecule has 5 nitrogen and oxygen atoms in total. The Bertz CT molecular complexity index is 472. The number of benzene rings is 1. The lowest BCUT2D eigenvalue weighted by Gasteiger charge is -2.23. The quantitative estimate of drug-likeness (QED) is 0.788. The minimum absolute atomic E-state index is 0.148. The summed E-state index contributed by atoms with van der Waals surface area (Å²) >= 11 is 0. The lowest BCUT2D eigenvalue weighted by Crippen LogP contribution is -2.44. The smallest absolute Gasteiger partial charge is 0.407 e. The standard InChI is InChI=1S/C14H21FN2O3/c1-14(2,3)20-13(19)17-10(8-16)7-9-5-4-6-11(15)12(9)18/h4-6,10,18H,7-8,16H2,1-3H3,(H,17,19). The molecule has 0 radical (unpaired) electrons. The van der Waals surface area contributed by atoms with Gasteiger partial charge in [-0.05, 0) is 38.8 Å². The first kappa shape index (κ1) is 16.2. The van der Waals surface area contributed by atoms with E-state index in [-0.39, 0.29) is 13.0 Å². The molecule has 1 unspecified atom stereocenters. The number of alkyl carbamates (subject to hydrolysis) is 1. The van der Waals surface area contributed by atoms with Crippen LogP contribution in [0.1, 0.15) is 26.3 Å². The van der Waals surface area contributed by atoms with Crippen molar-refractivity contribution in [3.63, 3.8) is 0 Å². The maximum Gasteiger partial charge on any atom is 0.407 e. The summed E-state index contributed by atoms with van der Waals surface area (Å²) in [4.78, 5) is 11.6. The number of halogens is 1. The summed E-state index contributed by atoms with van der Waals surface area (Å²) in [5.74, 6) is -1.12. The largest absolute Gasteiger partial charge is 0.505 e. The maximum atomic E-state index is 13.2. The molecule has 0 saturated carbocycles. The summed E-state index contributed by atoms with van der Waals surface area (Å²) < 4.78 is 18.3.